The maximum atomic E-state index is 12.8. The third-order valence-corrected chi connectivity index (χ3v) is 8.57. The number of rotatable bonds is 23. The standard InChI is InChI=1S/C35H62O3/c1-7-10-11-12-13-14-15-16-17-18-19-20-21-22-23-24-25-38-35(37)30(6)31-26-32(28(4)8-2)34(36)33(27-31)29(5)9-3/h26-30,36H,7-25H2,1-6H3. The van der Waals surface area contributed by atoms with Crippen LogP contribution in [0.15, 0.2) is 12.1 Å². The Balaban J connectivity index is 2.22. The minimum Gasteiger partial charge on any atom is -0.507 e. The van der Waals surface area contributed by atoms with Crippen molar-refractivity contribution < 1.29 is 14.6 Å². The Morgan fingerprint density at radius 2 is 1.03 bits per heavy atom. The van der Waals surface area contributed by atoms with Crippen molar-refractivity contribution >= 4 is 5.97 Å². The van der Waals surface area contributed by atoms with Crippen LogP contribution in [0.1, 0.15) is 192 Å². The molecule has 0 radical (unpaired) electrons. The second kappa shape index (κ2) is 21.3. The Bertz CT molecular complexity index is 710. The molecule has 0 saturated carbocycles. The van der Waals surface area contributed by atoms with Gasteiger partial charge >= 0.3 is 5.97 Å². The maximum Gasteiger partial charge on any atom is 0.313 e. The molecule has 0 spiro atoms. The number of aromatic hydroxyl groups is 1. The minimum absolute atomic E-state index is 0.151. The zero-order valence-electron chi connectivity index (χ0n) is 26.1. The number of unbranched alkanes of at least 4 members (excludes halogenated alkanes) is 15. The van der Waals surface area contributed by atoms with Crippen molar-refractivity contribution in [3.8, 4) is 5.75 Å². The predicted molar refractivity (Wildman–Crippen MR) is 164 cm³/mol. The summed E-state index contributed by atoms with van der Waals surface area (Å²) in [5, 5.41) is 10.9. The van der Waals surface area contributed by atoms with E-state index >= 15 is 0 Å². The molecule has 0 saturated heterocycles. The number of carbonyl (C=O) groups excluding carboxylic acids is 1. The quantitative estimate of drug-likeness (QED) is 0.113. The molecule has 0 aliphatic carbocycles. The summed E-state index contributed by atoms with van der Waals surface area (Å²) in [5.74, 6) is 0.451. The van der Waals surface area contributed by atoms with Gasteiger partial charge in [-0.15, -0.1) is 0 Å². The molecule has 38 heavy (non-hydrogen) atoms. The van der Waals surface area contributed by atoms with Crippen LogP contribution in [0.5, 0.6) is 5.75 Å². The van der Waals surface area contributed by atoms with Crippen LogP contribution < -0.4 is 0 Å². The second-order valence-electron chi connectivity index (χ2n) is 11.9. The fourth-order valence-corrected chi connectivity index (χ4v) is 5.23. The predicted octanol–water partition coefficient (Wildman–Crippen LogP) is 11.3. The van der Waals surface area contributed by atoms with Crippen LogP contribution in [0.3, 0.4) is 0 Å². The van der Waals surface area contributed by atoms with E-state index in [4.69, 9.17) is 4.74 Å². The smallest absolute Gasteiger partial charge is 0.313 e. The summed E-state index contributed by atoms with van der Waals surface area (Å²) in [4.78, 5) is 12.8. The molecule has 1 aromatic rings. The highest BCUT2D eigenvalue weighted by molar-refractivity contribution is 5.78. The van der Waals surface area contributed by atoms with E-state index in [1.165, 1.54) is 89.9 Å². The zero-order valence-corrected chi connectivity index (χ0v) is 26.1. The molecule has 3 atom stereocenters. The van der Waals surface area contributed by atoms with Crippen LogP contribution in [0.4, 0.5) is 0 Å². The first-order valence-corrected chi connectivity index (χ1v) is 16.4. The summed E-state index contributed by atoms with van der Waals surface area (Å²) in [6.45, 7) is 13.3. The molecular weight excluding hydrogens is 468 g/mol. The van der Waals surface area contributed by atoms with Crippen molar-refractivity contribution in [1.82, 2.24) is 0 Å². The van der Waals surface area contributed by atoms with E-state index < -0.39 is 0 Å². The summed E-state index contributed by atoms with van der Waals surface area (Å²) in [5.41, 5.74) is 2.88. The molecule has 3 unspecified atom stereocenters. The van der Waals surface area contributed by atoms with Crippen LogP contribution in [0.25, 0.3) is 0 Å². The fourth-order valence-electron chi connectivity index (χ4n) is 5.23. The van der Waals surface area contributed by atoms with Gasteiger partial charge < -0.3 is 9.84 Å². The van der Waals surface area contributed by atoms with Crippen molar-refractivity contribution in [3.63, 3.8) is 0 Å². The van der Waals surface area contributed by atoms with E-state index in [9.17, 15) is 9.90 Å². The molecule has 0 bridgehead atoms. The molecule has 1 rings (SSSR count). The Hall–Kier alpha value is -1.51. The molecule has 0 aliphatic heterocycles. The topological polar surface area (TPSA) is 46.5 Å². The number of hydrogen-bond donors (Lipinski definition) is 1. The average Bonchev–Trinajstić information content (AvgIpc) is 2.93. The Morgan fingerprint density at radius 1 is 0.658 bits per heavy atom. The number of phenolic OH excluding ortho intramolecular Hbond substituents is 1. The lowest BCUT2D eigenvalue weighted by molar-refractivity contribution is -0.145. The van der Waals surface area contributed by atoms with Gasteiger partial charge in [0, 0.05) is 0 Å². The highest BCUT2D eigenvalue weighted by Crippen LogP contribution is 2.39. The molecule has 0 heterocycles. The highest BCUT2D eigenvalue weighted by atomic mass is 16.5. The number of carbonyl (C=O) groups is 1. The third kappa shape index (κ3) is 13.5. The molecule has 0 aromatic heterocycles. The summed E-state index contributed by atoms with van der Waals surface area (Å²) in [7, 11) is 0. The fraction of sp³-hybridized carbons (Fsp3) is 0.800. The van der Waals surface area contributed by atoms with Crippen molar-refractivity contribution in [2.75, 3.05) is 6.61 Å². The maximum absolute atomic E-state index is 12.8. The van der Waals surface area contributed by atoms with Gasteiger partial charge in [0.15, 0.2) is 0 Å². The van der Waals surface area contributed by atoms with E-state index in [0.29, 0.717) is 12.4 Å². The lowest BCUT2D eigenvalue weighted by Crippen LogP contribution is -2.15. The van der Waals surface area contributed by atoms with Gasteiger partial charge in [-0.05, 0) is 54.7 Å². The number of hydrogen-bond acceptors (Lipinski definition) is 3. The number of benzene rings is 1. The first kappa shape index (κ1) is 34.5. The molecule has 0 fully saturated rings. The Labute approximate surface area is 236 Å². The summed E-state index contributed by atoms with van der Waals surface area (Å²) in [6, 6.07) is 4.05. The van der Waals surface area contributed by atoms with Crippen LogP contribution in [-0.4, -0.2) is 17.7 Å². The van der Waals surface area contributed by atoms with Gasteiger partial charge in [0.25, 0.3) is 0 Å². The normalized spacial score (nSPS) is 13.8. The van der Waals surface area contributed by atoms with Crippen molar-refractivity contribution in [2.24, 2.45) is 0 Å². The third-order valence-electron chi connectivity index (χ3n) is 8.57. The Kier molecular flexibility index (Phi) is 19.4. The first-order chi connectivity index (χ1) is 18.4. The monoisotopic (exact) mass is 530 g/mol. The van der Waals surface area contributed by atoms with Crippen molar-refractivity contribution in [2.45, 2.75) is 175 Å². The van der Waals surface area contributed by atoms with Crippen LogP contribution in [-0.2, 0) is 9.53 Å². The van der Waals surface area contributed by atoms with Crippen LogP contribution in [0.2, 0.25) is 0 Å². The van der Waals surface area contributed by atoms with Gasteiger partial charge in [0.1, 0.15) is 5.75 Å². The molecule has 1 aromatic carbocycles. The molecule has 3 heteroatoms. The number of esters is 1. The lowest BCUT2D eigenvalue weighted by Gasteiger charge is -2.22. The van der Waals surface area contributed by atoms with Crippen molar-refractivity contribution in [3.05, 3.63) is 28.8 Å². The van der Waals surface area contributed by atoms with Crippen molar-refractivity contribution in [1.29, 1.82) is 0 Å². The van der Waals surface area contributed by atoms with Crippen LogP contribution >= 0.6 is 0 Å². The van der Waals surface area contributed by atoms with Gasteiger partial charge in [0.2, 0.25) is 0 Å². The minimum atomic E-state index is -0.317. The second-order valence-corrected chi connectivity index (χ2v) is 11.9. The SMILES string of the molecule is CCCCCCCCCCCCCCCCCCOC(=O)C(C)c1cc(C(C)CC)c(O)c(C(C)CC)c1. The zero-order chi connectivity index (χ0) is 28.2. The van der Waals surface area contributed by atoms with Gasteiger partial charge in [-0.3, -0.25) is 4.79 Å². The lowest BCUT2D eigenvalue weighted by atomic mass is 9.85. The first-order valence-electron chi connectivity index (χ1n) is 16.4. The highest BCUT2D eigenvalue weighted by Gasteiger charge is 2.23. The number of ether oxygens (including phenoxy) is 1. The van der Waals surface area contributed by atoms with E-state index in [2.05, 4.69) is 34.6 Å². The Morgan fingerprint density at radius 3 is 1.39 bits per heavy atom. The molecule has 0 aliphatic rings. The van der Waals surface area contributed by atoms with Gasteiger partial charge in [-0.2, -0.15) is 0 Å². The molecule has 0 amide bonds. The largest absolute Gasteiger partial charge is 0.507 e. The van der Waals surface area contributed by atoms with Crippen LogP contribution in [0, 0.1) is 0 Å². The summed E-state index contributed by atoms with van der Waals surface area (Å²) in [6.07, 6.45) is 23.3. The molecule has 220 valence electrons. The van der Waals surface area contributed by atoms with Gasteiger partial charge in [0.05, 0.1) is 12.5 Å². The van der Waals surface area contributed by atoms with Gasteiger partial charge in [-0.25, -0.2) is 0 Å². The van der Waals surface area contributed by atoms with E-state index in [1.54, 1.807) is 0 Å². The summed E-state index contributed by atoms with van der Waals surface area (Å²) < 4.78 is 5.66. The molecule has 3 nitrogen and oxygen atoms in total. The molecular formula is C35H62O3. The van der Waals surface area contributed by atoms with Gasteiger partial charge in [-0.1, -0.05) is 143 Å². The van der Waals surface area contributed by atoms with E-state index in [0.717, 1.165) is 42.4 Å². The molecule has 1 N–H and O–H groups in total. The average molecular weight is 531 g/mol. The summed E-state index contributed by atoms with van der Waals surface area (Å²) >= 11 is 0. The van der Waals surface area contributed by atoms with E-state index in [1.807, 2.05) is 19.1 Å². The number of phenols is 1. The van der Waals surface area contributed by atoms with E-state index in [-0.39, 0.29) is 23.7 Å².